The molecular weight excluding hydrogens is 351 g/mol. The lowest BCUT2D eigenvalue weighted by Gasteiger charge is -2.16. The lowest BCUT2D eigenvalue weighted by atomic mass is 10.1. The maximum Gasteiger partial charge on any atom is 0.229 e. The van der Waals surface area contributed by atoms with E-state index in [-0.39, 0.29) is 6.04 Å². The molecule has 2 N–H and O–H groups in total. The molecule has 21 heavy (non-hydrogen) atoms. The Morgan fingerprint density at radius 2 is 1.95 bits per heavy atom. The number of hydrogen-bond acceptors (Lipinski definition) is 4. The summed E-state index contributed by atoms with van der Waals surface area (Å²) in [5.41, 5.74) is 2.16. The van der Waals surface area contributed by atoms with E-state index < -0.39 is 10.0 Å². The molecule has 0 radical (unpaired) electrons. The Balaban J connectivity index is 2.21. The molecule has 2 aromatic rings. The van der Waals surface area contributed by atoms with E-state index in [1.54, 1.807) is 18.2 Å². The Bertz CT molecular complexity index is 744. The average Bonchev–Trinajstić information content (AvgIpc) is 2.78. The van der Waals surface area contributed by atoms with Crippen molar-refractivity contribution in [2.45, 2.75) is 13.0 Å². The largest absolute Gasteiger partial charge is 0.377 e. The van der Waals surface area contributed by atoms with Crippen molar-refractivity contribution in [2.75, 3.05) is 16.3 Å². The van der Waals surface area contributed by atoms with Crippen molar-refractivity contribution in [3.63, 3.8) is 0 Å². The van der Waals surface area contributed by atoms with E-state index in [4.69, 9.17) is 23.2 Å². The first-order valence-corrected chi connectivity index (χ1v) is 9.55. The minimum absolute atomic E-state index is 0.000247. The lowest BCUT2D eigenvalue weighted by Crippen LogP contribution is -2.10. The van der Waals surface area contributed by atoms with Gasteiger partial charge in [0.25, 0.3) is 0 Å². The Kier molecular flexibility index (Phi) is 5.03. The highest BCUT2D eigenvalue weighted by Gasteiger charge is 2.11. The number of nitrogens with one attached hydrogen (secondary N) is 2. The number of sulfonamides is 1. The highest BCUT2D eigenvalue weighted by molar-refractivity contribution is 7.92. The molecule has 8 heteroatoms. The first-order chi connectivity index (χ1) is 9.74. The first kappa shape index (κ1) is 16.4. The molecule has 4 nitrogen and oxygen atoms in total. The van der Waals surface area contributed by atoms with Gasteiger partial charge in [0.2, 0.25) is 10.0 Å². The fraction of sp³-hybridized carbons (Fsp3) is 0.231. The number of benzene rings is 1. The van der Waals surface area contributed by atoms with E-state index in [1.807, 2.05) is 18.4 Å². The summed E-state index contributed by atoms with van der Waals surface area (Å²) in [6, 6.07) is 6.80. The number of rotatable bonds is 5. The van der Waals surface area contributed by atoms with Crippen LogP contribution in [0.1, 0.15) is 18.5 Å². The molecule has 114 valence electrons. The molecule has 1 heterocycles. The lowest BCUT2D eigenvalue weighted by molar-refractivity contribution is 0.607. The van der Waals surface area contributed by atoms with Crippen LogP contribution >= 0.6 is 34.5 Å². The maximum absolute atomic E-state index is 11.3. The Morgan fingerprint density at radius 1 is 1.24 bits per heavy atom. The van der Waals surface area contributed by atoms with Crippen LogP contribution in [0.4, 0.5) is 11.4 Å². The molecule has 0 bridgehead atoms. The van der Waals surface area contributed by atoms with Crippen molar-refractivity contribution in [3.8, 4) is 0 Å². The van der Waals surface area contributed by atoms with Gasteiger partial charge >= 0.3 is 0 Å². The molecule has 0 amide bonds. The zero-order chi connectivity index (χ0) is 15.6. The highest BCUT2D eigenvalue weighted by atomic mass is 35.5. The van der Waals surface area contributed by atoms with Crippen molar-refractivity contribution in [2.24, 2.45) is 0 Å². The Morgan fingerprint density at radius 3 is 2.52 bits per heavy atom. The zero-order valence-electron chi connectivity index (χ0n) is 11.4. The predicted octanol–water partition coefficient (Wildman–Crippen LogP) is 4.60. The summed E-state index contributed by atoms with van der Waals surface area (Å²) >= 11 is 13.5. The van der Waals surface area contributed by atoms with Gasteiger partial charge in [-0.2, -0.15) is 0 Å². The number of hydrogen-bond donors (Lipinski definition) is 2. The third-order valence-electron chi connectivity index (χ3n) is 2.73. The molecular formula is C13H14Cl2N2O2S2. The quantitative estimate of drug-likeness (QED) is 0.814. The van der Waals surface area contributed by atoms with E-state index in [9.17, 15) is 8.42 Å². The van der Waals surface area contributed by atoms with Gasteiger partial charge < -0.3 is 5.32 Å². The standard InChI is InChI=1S/C13H14Cl2N2O2S2/c1-8(9-5-13(15)20-7-9)16-12-6-10(3-4-11(12)14)17-21(2,18)19/h3-8,16-17H,1-2H3. The van der Waals surface area contributed by atoms with Crippen LogP contribution in [0.25, 0.3) is 0 Å². The zero-order valence-corrected chi connectivity index (χ0v) is 14.5. The van der Waals surface area contributed by atoms with E-state index >= 15 is 0 Å². The second-order valence-corrected chi connectivity index (χ2v) is 8.32. The second kappa shape index (κ2) is 6.44. The van der Waals surface area contributed by atoms with Gasteiger partial charge in [0.1, 0.15) is 0 Å². The van der Waals surface area contributed by atoms with E-state index in [0.717, 1.165) is 16.2 Å². The van der Waals surface area contributed by atoms with Crippen molar-refractivity contribution >= 4 is 55.9 Å². The third kappa shape index (κ3) is 4.78. The van der Waals surface area contributed by atoms with Gasteiger partial charge in [-0.3, -0.25) is 4.72 Å². The summed E-state index contributed by atoms with van der Waals surface area (Å²) in [5, 5.41) is 5.73. The van der Waals surface area contributed by atoms with Gasteiger partial charge in [-0.25, -0.2) is 8.42 Å². The van der Waals surface area contributed by atoms with Gasteiger partial charge in [-0.15, -0.1) is 11.3 Å². The summed E-state index contributed by atoms with van der Waals surface area (Å²) in [4.78, 5) is 0. The van der Waals surface area contributed by atoms with Crippen molar-refractivity contribution < 1.29 is 8.42 Å². The van der Waals surface area contributed by atoms with Crippen LogP contribution in [0.15, 0.2) is 29.6 Å². The molecule has 1 aromatic heterocycles. The van der Waals surface area contributed by atoms with Crippen LogP contribution < -0.4 is 10.0 Å². The molecule has 2 rings (SSSR count). The minimum atomic E-state index is -3.32. The number of thiophene rings is 1. The summed E-state index contributed by atoms with van der Waals surface area (Å²) in [6.07, 6.45) is 1.10. The van der Waals surface area contributed by atoms with Crippen molar-refractivity contribution in [1.29, 1.82) is 0 Å². The Labute approximate surface area is 138 Å². The molecule has 0 fully saturated rings. The molecule has 1 atom stereocenters. The van der Waals surface area contributed by atoms with Crippen LogP contribution in [0.5, 0.6) is 0 Å². The fourth-order valence-corrected chi connectivity index (χ4v) is 3.49. The van der Waals surface area contributed by atoms with Gasteiger partial charge in [0, 0.05) is 6.04 Å². The summed E-state index contributed by atoms with van der Waals surface area (Å²) in [7, 11) is -3.32. The molecule has 0 aliphatic carbocycles. The van der Waals surface area contributed by atoms with Gasteiger partial charge in [0.05, 0.1) is 27.0 Å². The number of halogens is 2. The first-order valence-electron chi connectivity index (χ1n) is 6.02. The third-order valence-corrected chi connectivity index (χ3v) is 4.77. The van der Waals surface area contributed by atoms with E-state index in [0.29, 0.717) is 16.4 Å². The SMILES string of the molecule is CC(Nc1cc(NS(C)(=O)=O)ccc1Cl)c1csc(Cl)c1. The molecule has 0 spiro atoms. The molecule has 0 aliphatic rings. The molecule has 1 aromatic carbocycles. The molecule has 0 aliphatic heterocycles. The van der Waals surface area contributed by atoms with E-state index in [2.05, 4.69) is 10.0 Å². The topological polar surface area (TPSA) is 58.2 Å². The van der Waals surface area contributed by atoms with Crippen LogP contribution in [0, 0.1) is 0 Å². The molecule has 1 unspecified atom stereocenters. The van der Waals surface area contributed by atoms with Crippen LogP contribution in [0.2, 0.25) is 9.36 Å². The van der Waals surface area contributed by atoms with Crippen LogP contribution in [-0.4, -0.2) is 14.7 Å². The summed E-state index contributed by atoms with van der Waals surface area (Å²) < 4.78 is 25.7. The normalized spacial score (nSPS) is 13.0. The van der Waals surface area contributed by atoms with E-state index in [1.165, 1.54) is 11.3 Å². The van der Waals surface area contributed by atoms with Gasteiger partial charge in [-0.1, -0.05) is 23.2 Å². The van der Waals surface area contributed by atoms with Crippen molar-refractivity contribution in [3.05, 3.63) is 44.6 Å². The van der Waals surface area contributed by atoms with Crippen molar-refractivity contribution in [1.82, 2.24) is 0 Å². The predicted molar refractivity (Wildman–Crippen MR) is 91.3 cm³/mol. The van der Waals surface area contributed by atoms with Gasteiger partial charge in [-0.05, 0) is 42.1 Å². The summed E-state index contributed by atoms with van der Waals surface area (Å²) in [6.45, 7) is 1.98. The van der Waals surface area contributed by atoms with Gasteiger partial charge in [0.15, 0.2) is 0 Å². The highest BCUT2D eigenvalue weighted by Crippen LogP contribution is 2.31. The number of anilines is 2. The minimum Gasteiger partial charge on any atom is -0.377 e. The van der Waals surface area contributed by atoms with Crippen LogP contribution in [-0.2, 0) is 10.0 Å². The maximum atomic E-state index is 11.3. The monoisotopic (exact) mass is 364 g/mol. The molecule has 0 saturated heterocycles. The second-order valence-electron chi connectivity index (χ2n) is 4.62. The average molecular weight is 365 g/mol. The summed E-state index contributed by atoms with van der Waals surface area (Å²) in [5.74, 6) is 0. The smallest absolute Gasteiger partial charge is 0.229 e. The van der Waals surface area contributed by atoms with Crippen LogP contribution in [0.3, 0.4) is 0 Å². The fourth-order valence-electron chi connectivity index (χ4n) is 1.78. The Hall–Kier alpha value is -0.950. The molecule has 0 saturated carbocycles.